The van der Waals surface area contributed by atoms with Crippen molar-refractivity contribution in [2.24, 2.45) is 11.3 Å². The van der Waals surface area contributed by atoms with Crippen molar-refractivity contribution in [2.45, 2.75) is 48.0 Å². The van der Waals surface area contributed by atoms with Crippen LogP contribution in [-0.2, 0) is 4.79 Å². The lowest BCUT2D eigenvalue weighted by Gasteiger charge is -2.16. The molecule has 0 amide bonds. The predicted molar refractivity (Wildman–Crippen MR) is 65.7 cm³/mol. The van der Waals surface area contributed by atoms with Crippen molar-refractivity contribution in [2.75, 3.05) is 6.54 Å². The van der Waals surface area contributed by atoms with Gasteiger partial charge < -0.3 is 5.32 Å². The molecule has 0 heterocycles. The molecule has 0 aliphatic carbocycles. The number of carbonyl (C=O) groups excluding carboxylic acids is 1. The molecule has 0 unspecified atom stereocenters. The van der Waals surface area contributed by atoms with Crippen LogP contribution in [0.4, 0.5) is 0 Å². The highest BCUT2D eigenvalue weighted by Crippen LogP contribution is 2.16. The van der Waals surface area contributed by atoms with E-state index in [0.29, 0.717) is 5.92 Å². The van der Waals surface area contributed by atoms with E-state index in [4.69, 9.17) is 0 Å². The molecule has 0 rings (SSSR count). The molecule has 0 aliphatic rings. The molecule has 0 aromatic carbocycles. The summed E-state index contributed by atoms with van der Waals surface area (Å²) in [5, 5.41) is 3.31. The molecule has 2 heteroatoms. The first-order valence-electron chi connectivity index (χ1n) is 5.76. The van der Waals surface area contributed by atoms with Gasteiger partial charge in [0.25, 0.3) is 0 Å². The molecule has 0 bridgehead atoms. The van der Waals surface area contributed by atoms with Crippen LogP contribution < -0.4 is 5.32 Å². The number of carbonyl (C=O) groups is 1. The van der Waals surface area contributed by atoms with Gasteiger partial charge in [-0.1, -0.05) is 41.5 Å². The van der Waals surface area contributed by atoms with Crippen molar-refractivity contribution < 1.29 is 4.79 Å². The molecule has 0 aromatic rings. The Hall–Kier alpha value is -0.790. The van der Waals surface area contributed by atoms with Gasteiger partial charge in [-0.05, 0) is 12.3 Å². The summed E-state index contributed by atoms with van der Waals surface area (Å²) >= 11 is 0. The minimum Gasteiger partial charge on any atom is -0.388 e. The number of hydrogen-bond acceptors (Lipinski definition) is 2. The Kier molecular flexibility index (Phi) is 5.63. The zero-order valence-electron chi connectivity index (χ0n) is 11.0. The van der Waals surface area contributed by atoms with Crippen LogP contribution in [0.3, 0.4) is 0 Å². The number of hydrogen-bond donors (Lipinski definition) is 1. The van der Waals surface area contributed by atoms with Crippen molar-refractivity contribution in [1.82, 2.24) is 5.32 Å². The Labute approximate surface area is 94.1 Å². The van der Waals surface area contributed by atoms with Crippen LogP contribution in [0.15, 0.2) is 11.8 Å². The van der Waals surface area contributed by atoms with Crippen LogP contribution in [0, 0.1) is 11.3 Å². The van der Waals surface area contributed by atoms with Gasteiger partial charge in [-0.2, -0.15) is 0 Å². The van der Waals surface area contributed by atoms with Gasteiger partial charge in [0.1, 0.15) is 0 Å². The molecule has 15 heavy (non-hydrogen) atoms. The highest BCUT2D eigenvalue weighted by atomic mass is 16.1. The molecule has 0 spiro atoms. The van der Waals surface area contributed by atoms with Crippen molar-refractivity contribution in [3.8, 4) is 0 Å². The number of nitrogens with one attached hydrogen (secondary N) is 1. The minimum atomic E-state index is -0.278. The maximum absolute atomic E-state index is 11.8. The number of rotatable bonds is 5. The van der Waals surface area contributed by atoms with Crippen molar-refractivity contribution in [1.29, 1.82) is 0 Å². The van der Waals surface area contributed by atoms with E-state index in [1.807, 2.05) is 20.8 Å². The van der Waals surface area contributed by atoms with E-state index in [1.165, 1.54) is 0 Å². The van der Waals surface area contributed by atoms with Crippen LogP contribution in [0.1, 0.15) is 48.0 Å². The first-order chi connectivity index (χ1) is 6.77. The first kappa shape index (κ1) is 14.2. The quantitative estimate of drug-likeness (QED) is 0.708. The fourth-order valence-electron chi connectivity index (χ4n) is 0.988. The molecule has 88 valence electrons. The van der Waals surface area contributed by atoms with E-state index in [2.05, 4.69) is 26.1 Å². The molecule has 0 saturated heterocycles. The van der Waals surface area contributed by atoms with Crippen LogP contribution in [0.25, 0.3) is 0 Å². The average molecular weight is 211 g/mol. The fourth-order valence-corrected chi connectivity index (χ4v) is 0.988. The van der Waals surface area contributed by atoms with Gasteiger partial charge in [-0.3, -0.25) is 4.79 Å². The summed E-state index contributed by atoms with van der Waals surface area (Å²) in [4.78, 5) is 11.8. The average Bonchev–Trinajstić information content (AvgIpc) is 2.09. The largest absolute Gasteiger partial charge is 0.388 e. The third-order valence-electron chi connectivity index (χ3n) is 2.16. The summed E-state index contributed by atoms with van der Waals surface area (Å²) in [7, 11) is 0. The smallest absolute Gasteiger partial charge is 0.162 e. The van der Waals surface area contributed by atoms with Gasteiger partial charge in [-0.25, -0.2) is 0 Å². The molecule has 0 aliphatic heterocycles. The zero-order chi connectivity index (χ0) is 12.1. The van der Waals surface area contributed by atoms with E-state index >= 15 is 0 Å². The molecule has 0 aromatic heterocycles. The third-order valence-corrected chi connectivity index (χ3v) is 2.16. The first-order valence-corrected chi connectivity index (χ1v) is 5.76. The molecule has 0 saturated carbocycles. The lowest BCUT2D eigenvalue weighted by molar-refractivity contribution is -0.121. The van der Waals surface area contributed by atoms with Crippen LogP contribution in [0.2, 0.25) is 0 Å². The summed E-state index contributed by atoms with van der Waals surface area (Å²) in [6.07, 6.45) is 2.64. The standard InChI is InChI=1S/C13H25NO/c1-7-11(14-9-10(2)3)8-12(15)13(4,5)6/h8,10,14H,7,9H2,1-6H3. The van der Waals surface area contributed by atoms with Crippen LogP contribution in [-0.4, -0.2) is 12.3 Å². The van der Waals surface area contributed by atoms with E-state index < -0.39 is 0 Å². The highest BCUT2D eigenvalue weighted by Gasteiger charge is 2.19. The molecular weight excluding hydrogens is 186 g/mol. The second-order valence-electron chi connectivity index (χ2n) is 5.41. The molecule has 2 nitrogen and oxygen atoms in total. The Bertz CT molecular complexity index is 233. The van der Waals surface area contributed by atoms with Crippen molar-refractivity contribution >= 4 is 5.78 Å². The Morgan fingerprint density at radius 2 is 1.87 bits per heavy atom. The summed E-state index contributed by atoms with van der Waals surface area (Å²) in [5.41, 5.74) is 0.767. The predicted octanol–water partition coefficient (Wildman–Crippen LogP) is 3.14. The van der Waals surface area contributed by atoms with Crippen molar-refractivity contribution in [3.05, 3.63) is 11.8 Å². The minimum absolute atomic E-state index is 0.190. The normalized spacial score (nSPS) is 13.1. The second kappa shape index (κ2) is 5.94. The SMILES string of the molecule is CCC(=CC(=O)C(C)(C)C)NCC(C)C. The maximum Gasteiger partial charge on any atom is 0.162 e. The molecule has 1 N–H and O–H groups in total. The summed E-state index contributed by atoms with van der Waals surface area (Å²) in [5.74, 6) is 0.792. The Morgan fingerprint density at radius 1 is 1.33 bits per heavy atom. The van der Waals surface area contributed by atoms with Crippen LogP contribution >= 0.6 is 0 Å². The molecular formula is C13H25NO. The van der Waals surface area contributed by atoms with Crippen molar-refractivity contribution in [3.63, 3.8) is 0 Å². The van der Waals surface area contributed by atoms with E-state index in [9.17, 15) is 4.79 Å². The summed E-state index contributed by atoms with van der Waals surface area (Å²) in [6, 6.07) is 0. The maximum atomic E-state index is 11.8. The highest BCUT2D eigenvalue weighted by molar-refractivity contribution is 5.94. The zero-order valence-corrected chi connectivity index (χ0v) is 11.0. The second-order valence-corrected chi connectivity index (χ2v) is 5.41. The molecule has 0 fully saturated rings. The topological polar surface area (TPSA) is 29.1 Å². The number of ketones is 1. The lowest BCUT2D eigenvalue weighted by atomic mass is 9.90. The van der Waals surface area contributed by atoms with E-state index in [0.717, 1.165) is 18.7 Å². The van der Waals surface area contributed by atoms with Gasteiger partial charge >= 0.3 is 0 Å². The van der Waals surface area contributed by atoms with Gasteiger partial charge in [0.05, 0.1) is 0 Å². The van der Waals surface area contributed by atoms with Gasteiger partial charge in [0.2, 0.25) is 0 Å². The van der Waals surface area contributed by atoms with Gasteiger partial charge in [0.15, 0.2) is 5.78 Å². The Balaban J connectivity index is 4.40. The monoisotopic (exact) mass is 211 g/mol. The molecule has 0 atom stereocenters. The lowest BCUT2D eigenvalue weighted by Crippen LogP contribution is -2.23. The van der Waals surface area contributed by atoms with Gasteiger partial charge in [-0.15, -0.1) is 0 Å². The third kappa shape index (κ3) is 6.32. The molecule has 0 radical (unpaired) electrons. The van der Waals surface area contributed by atoms with E-state index in [-0.39, 0.29) is 11.2 Å². The summed E-state index contributed by atoms with van der Waals surface area (Å²) < 4.78 is 0. The number of allylic oxidation sites excluding steroid dienone is 2. The van der Waals surface area contributed by atoms with E-state index in [1.54, 1.807) is 6.08 Å². The Morgan fingerprint density at radius 3 is 2.20 bits per heavy atom. The fraction of sp³-hybridized carbons (Fsp3) is 0.769. The van der Waals surface area contributed by atoms with Gasteiger partial charge in [0, 0.05) is 23.7 Å². The van der Waals surface area contributed by atoms with Crippen LogP contribution in [0.5, 0.6) is 0 Å². The summed E-state index contributed by atoms with van der Waals surface area (Å²) in [6.45, 7) is 13.1.